The maximum Gasteiger partial charge on any atom is 0.412 e. The second-order valence-electron chi connectivity index (χ2n) is 7.20. The van der Waals surface area contributed by atoms with Gasteiger partial charge in [0.1, 0.15) is 24.0 Å². The first-order valence-electron chi connectivity index (χ1n) is 9.63. The fourth-order valence-corrected chi connectivity index (χ4v) is 2.88. The van der Waals surface area contributed by atoms with Gasteiger partial charge in [-0.15, -0.1) is 0 Å². The third-order valence-electron chi connectivity index (χ3n) is 4.40. The molecular formula is C22H29N3O5. The van der Waals surface area contributed by atoms with Gasteiger partial charge in [0.25, 0.3) is 0 Å². The Morgan fingerprint density at radius 2 is 1.77 bits per heavy atom. The number of nitrogens with zero attached hydrogens (tertiary/aromatic N) is 2. The molecule has 2 aromatic rings. The highest BCUT2D eigenvalue weighted by Gasteiger charge is 2.22. The van der Waals surface area contributed by atoms with E-state index in [0.717, 1.165) is 0 Å². The monoisotopic (exact) mass is 415 g/mol. The summed E-state index contributed by atoms with van der Waals surface area (Å²) in [5.74, 6) is 0.540. The highest BCUT2D eigenvalue weighted by molar-refractivity contribution is 6.04. The Morgan fingerprint density at radius 1 is 1.07 bits per heavy atom. The van der Waals surface area contributed by atoms with E-state index in [4.69, 9.17) is 14.2 Å². The molecule has 0 spiro atoms. The van der Waals surface area contributed by atoms with Gasteiger partial charge in [-0.2, -0.15) is 0 Å². The number of para-hydroxylation sites is 1. The van der Waals surface area contributed by atoms with E-state index >= 15 is 0 Å². The normalized spacial score (nSPS) is 11.9. The van der Waals surface area contributed by atoms with Crippen LogP contribution < -0.4 is 14.8 Å². The van der Waals surface area contributed by atoms with E-state index in [9.17, 15) is 9.59 Å². The minimum Gasteiger partial charge on any atom is -0.497 e. The van der Waals surface area contributed by atoms with Crippen LogP contribution in [0, 0.1) is 0 Å². The Labute approximate surface area is 177 Å². The molecule has 0 radical (unpaired) electrons. The number of hydrogen-bond acceptors (Lipinski definition) is 5. The summed E-state index contributed by atoms with van der Waals surface area (Å²) in [4.78, 5) is 24.9. The van der Waals surface area contributed by atoms with Crippen LogP contribution in [0.3, 0.4) is 0 Å². The van der Waals surface area contributed by atoms with Crippen molar-refractivity contribution in [2.24, 2.45) is 0 Å². The van der Waals surface area contributed by atoms with E-state index in [0.29, 0.717) is 35.7 Å². The molecule has 1 atom stereocenters. The van der Waals surface area contributed by atoms with E-state index in [2.05, 4.69) is 10.7 Å². The standard InChI is InChI=1S/C22H29N3O5/c1-6-17(30-22(27)23-16-10-8-7-9-11-16)15-25(2,3)24-21(26)19-13-12-18(28-4)14-20(19)29-5/h7-14,17H,6,15H2,1-5H3,(H,23,27). The highest BCUT2D eigenvalue weighted by atomic mass is 16.6. The Kier molecular flexibility index (Phi) is 8.06. The van der Waals surface area contributed by atoms with Crippen molar-refractivity contribution in [1.29, 1.82) is 0 Å². The van der Waals surface area contributed by atoms with Crippen molar-refractivity contribution in [1.82, 2.24) is 0 Å². The first-order chi connectivity index (χ1) is 14.3. The lowest BCUT2D eigenvalue weighted by Crippen LogP contribution is -2.44. The van der Waals surface area contributed by atoms with Gasteiger partial charge in [0.2, 0.25) is 0 Å². The van der Waals surface area contributed by atoms with Crippen molar-refractivity contribution >= 4 is 17.7 Å². The molecule has 0 aromatic heterocycles. The second-order valence-corrected chi connectivity index (χ2v) is 7.20. The summed E-state index contributed by atoms with van der Waals surface area (Å²) in [6.45, 7) is 2.25. The molecule has 0 bridgehead atoms. The summed E-state index contributed by atoms with van der Waals surface area (Å²) in [6, 6.07) is 14.0. The van der Waals surface area contributed by atoms with Crippen molar-refractivity contribution in [3.8, 4) is 11.5 Å². The van der Waals surface area contributed by atoms with Crippen LogP contribution in [0.15, 0.2) is 48.5 Å². The van der Waals surface area contributed by atoms with E-state index in [1.54, 1.807) is 51.5 Å². The molecule has 30 heavy (non-hydrogen) atoms. The number of ether oxygens (including phenoxy) is 3. The number of nitrogens with one attached hydrogen (secondary N) is 1. The molecule has 0 heterocycles. The fraction of sp³-hybridized carbons (Fsp3) is 0.364. The van der Waals surface area contributed by atoms with Gasteiger partial charge >= 0.3 is 6.09 Å². The number of quaternary nitrogens is 1. The number of hydrogen-bond donors (Lipinski definition) is 1. The molecular weight excluding hydrogens is 386 g/mol. The number of carbonyl (C=O) groups is 2. The molecule has 1 N–H and O–H groups in total. The number of methoxy groups -OCH3 is 2. The summed E-state index contributed by atoms with van der Waals surface area (Å²) >= 11 is 0. The Hall–Kier alpha value is -3.26. The summed E-state index contributed by atoms with van der Waals surface area (Å²) in [5, 5.41) is 2.69. The van der Waals surface area contributed by atoms with Crippen LogP contribution in [0.1, 0.15) is 23.7 Å². The van der Waals surface area contributed by atoms with Gasteiger partial charge in [0, 0.05) is 17.3 Å². The topological polar surface area (TPSA) is 88.0 Å². The first kappa shape index (κ1) is 23.0. The lowest BCUT2D eigenvalue weighted by Gasteiger charge is -2.43. The summed E-state index contributed by atoms with van der Waals surface area (Å²) in [5.41, 5.74) is 5.27. The molecule has 0 aliphatic rings. The summed E-state index contributed by atoms with van der Waals surface area (Å²) in [6.07, 6.45) is -0.381. The van der Waals surface area contributed by atoms with Gasteiger partial charge in [-0.25, -0.2) is 4.79 Å². The van der Waals surface area contributed by atoms with Crippen LogP contribution in [0.5, 0.6) is 11.5 Å². The molecule has 0 saturated carbocycles. The van der Waals surface area contributed by atoms with E-state index in [-0.39, 0.29) is 4.59 Å². The van der Waals surface area contributed by atoms with Crippen LogP contribution in [0.25, 0.3) is 5.43 Å². The first-order valence-corrected chi connectivity index (χ1v) is 9.63. The predicted molar refractivity (Wildman–Crippen MR) is 115 cm³/mol. The molecule has 2 amide bonds. The van der Waals surface area contributed by atoms with Crippen LogP contribution in [0.4, 0.5) is 10.5 Å². The lowest BCUT2D eigenvalue weighted by atomic mass is 10.2. The molecule has 1 unspecified atom stereocenters. The minimum atomic E-state index is -0.545. The van der Waals surface area contributed by atoms with E-state index in [1.807, 2.05) is 25.1 Å². The Bertz CT molecular complexity index is 855. The molecule has 0 aliphatic carbocycles. The molecule has 0 saturated heterocycles. The number of carbonyl (C=O) groups excluding carboxylic acids is 2. The van der Waals surface area contributed by atoms with Crippen LogP contribution in [-0.2, 0) is 4.74 Å². The predicted octanol–water partition coefficient (Wildman–Crippen LogP) is 4.24. The molecule has 8 nitrogen and oxygen atoms in total. The SMILES string of the molecule is CCC(C[N+](C)(C)[N-]C(=O)c1ccc(OC)cc1OC)OC(=O)Nc1ccccc1. The zero-order chi connectivity index (χ0) is 22.1. The lowest BCUT2D eigenvalue weighted by molar-refractivity contribution is -0.852. The molecule has 2 aromatic carbocycles. The molecule has 2 rings (SSSR count). The van der Waals surface area contributed by atoms with Gasteiger partial charge in [-0.3, -0.25) is 5.32 Å². The highest BCUT2D eigenvalue weighted by Crippen LogP contribution is 2.27. The zero-order valence-electron chi connectivity index (χ0n) is 18.0. The maximum absolute atomic E-state index is 12.7. The number of benzene rings is 2. The molecule has 0 aliphatic heterocycles. The summed E-state index contributed by atoms with van der Waals surface area (Å²) < 4.78 is 16.0. The van der Waals surface area contributed by atoms with Crippen LogP contribution in [-0.4, -0.2) is 57.6 Å². The smallest absolute Gasteiger partial charge is 0.412 e. The number of anilines is 1. The van der Waals surface area contributed by atoms with Gasteiger partial charge in [-0.05, 0) is 30.7 Å². The van der Waals surface area contributed by atoms with Crippen molar-refractivity contribution < 1.29 is 28.4 Å². The van der Waals surface area contributed by atoms with Crippen molar-refractivity contribution in [2.75, 3.05) is 40.2 Å². The quantitative estimate of drug-likeness (QED) is 0.489. The zero-order valence-corrected chi connectivity index (χ0v) is 18.0. The van der Waals surface area contributed by atoms with Gasteiger partial charge in [0.15, 0.2) is 6.10 Å². The third-order valence-corrected chi connectivity index (χ3v) is 4.40. The van der Waals surface area contributed by atoms with Gasteiger partial charge in [0.05, 0.1) is 28.3 Å². The number of rotatable bonds is 9. The van der Waals surface area contributed by atoms with E-state index < -0.39 is 18.1 Å². The average molecular weight is 415 g/mol. The van der Waals surface area contributed by atoms with Crippen molar-refractivity contribution in [3.05, 3.63) is 59.5 Å². The Balaban J connectivity index is 2.00. The molecule has 162 valence electrons. The minimum absolute atomic E-state index is 0.00879. The van der Waals surface area contributed by atoms with Crippen LogP contribution in [0.2, 0.25) is 0 Å². The molecule has 0 fully saturated rings. The largest absolute Gasteiger partial charge is 0.497 e. The summed E-state index contributed by atoms with van der Waals surface area (Å²) in [7, 11) is 6.57. The van der Waals surface area contributed by atoms with E-state index in [1.165, 1.54) is 7.11 Å². The van der Waals surface area contributed by atoms with Crippen molar-refractivity contribution in [3.63, 3.8) is 0 Å². The van der Waals surface area contributed by atoms with Gasteiger partial charge < -0.3 is 29.0 Å². The van der Waals surface area contributed by atoms with Crippen molar-refractivity contribution in [2.45, 2.75) is 19.4 Å². The number of likely N-dealkylation sites (N-methyl/N-ethyl adjacent to an activating group) is 1. The second kappa shape index (κ2) is 10.5. The number of amides is 2. The van der Waals surface area contributed by atoms with Crippen LogP contribution >= 0.6 is 0 Å². The third kappa shape index (κ3) is 6.66. The maximum atomic E-state index is 12.7. The Morgan fingerprint density at radius 3 is 2.37 bits per heavy atom. The average Bonchev–Trinajstić information content (AvgIpc) is 2.72. The fourth-order valence-electron chi connectivity index (χ4n) is 2.88. The molecule has 8 heteroatoms. The van der Waals surface area contributed by atoms with Gasteiger partial charge in [-0.1, -0.05) is 25.1 Å².